The van der Waals surface area contributed by atoms with Crippen molar-refractivity contribution >= 4 is 23.3 Å². The Labute approximate surface area is 180 Å². The zero-order chi connectivity index (χ0) is 22.1. The number of rotatable bonds is 0. The van der Waals surface area contributed by atoms with Gasteiger partial charge in [0.05, 0.1) is 50.8 Å². The van der Waals surface area contributed by atoms with Gasteiger partial charge in [-0.3, -0.25) is 0 Å². The van der Waals surface area contributed by atoms with Gasteiger partial charge in [0.2, 0.25) is 0 Å². The quantitative estimate of drug-likeness (QED) is 0.475. The molecule has 9 nitrogen and oxygen atoms in total. The molecule has 0 radical (unpaired) electrons. The van der Waals surface area contributed by atoms with E-state index >= 15 is 0 Å². The van der Waals surface area contributed by atoms with Crippen LogP contribution in [0, 0.1) is 0 Å². The standard InChI is InChI=1S/C22H26N2O7/c23-15-1-3-17-18-4-2-16(24)14-20(18)22(26)31-12-10-29-8-6-27-5-7-28-9-11-30-21(25)19(17)13-15/h1-4,13-14H,5-12,23-24H2. The fraction of sp³-hybridized carbons (Fsp3) is 0.364. The third-order valence-electron chi connectivity index (χ3n) is 4.48. The molecule has 2 aromatic carbocycles. The van der Waals surface area contributed by atoms with E-state index in [1.165, 1.54) is 12.1 Å². The van der Waals surface area contributed by atoms with Gasteiger partial charge in [-0.1, -0.05) is 12.1 Å². The fourth-order valence-corrected chi connectivity index (χ4v) is 3.02. The summed E-state index contributed by atoms with van der Waals surface area (Å²) < 4.78 is 26.8. The predicted octanol–water partition coefficient (Wildman–Crippen LogP) is 1.89. The zero-order valence-corrected chi connectivity index (χ0v) is 17.1. The lowest BCUT2D eigenvalue weighted by molar-refractivity contribution is -0.00665. The number of cyclic esters (lactones) is 2. The minimum atomic E-state index is -0.579. The highest BCUT2D eigenvalue weighted by atomic mass is 16.6. The second-order valence-corrected chi connectivity index (χ2v) is 6.72. The summed E-state index contributed by atoms with van der Waals surface area (Å²) >= 11 is 0. The lowest BCUT2D eigenvalue weighted by Gasteiger charge is -2.15. The van der Waals surface area contributed by atoms with Crippen molar-refractivity contribution in [2.45, 2.75) is 0 Å². The first kappa shape index (κ1) is 22.5. The normalized spacial score (nSPS) is 17.2. The highest BCUT2D eigenvalue weighted by Crippen LogP contribution is 2.31. The first-order valence-corrected chi connectivity index (χ1v) is 9.93. The van der Waals surface area contributed by atoms with E-state index in [0.717, 1.165) is 0 Å². The van der Waals surface area contributed by atoms with Crippen LogP contribution in [0.15, 0.2) is 36.4 Å². The van der Waals surface area contributed by atoms with Crippen molar-refractivity contribution < 1.29 is 33.3 Å². The Morgan fingerprint density at radius 3 is 1.26 bits per heavy atom. The number of benzene rings is 2. The van der Waals surface area contributed by atoms with Crippen LogP contribution in [-0.4, -0.2) is 64.8 Å². The van der Waals surface area contributed by atoms with Crippen molar-refractivity contribution in [1.29, 1.82) is 0 Å². The Balaban J connectivity index is 1.92. The topological polar surface area (TPSA) is 132 Å². The van der Waals surface area contributed by atoms with E-state index in [4.69, 9.17) is 35.2 Å². The molecule has 0 spiro atoms. The Bertz CT molecular complexity index is 843. The van der Waals surface area contributed by atoms with Gasteiger partial charge in [0, 0.05) is 11.4 Å². The second-order valence-electron chi connectivity index (χ2n) is 6.72. The number of carbonyl (C=O) groups excluding carboxylic acids is 2. The molecule has 0 aromatic heterocycles. The van der Waals surface area contributed by atoms with Gasteiger partial charge in [0.15, 0.2) is 0 Å². The highest BCUT2D eigenvalue weighted by Gasteiger charge is 2.21. The van der Waals surface area contributed by atoms with Crippen LogP contribution in [0.5, 0.6) is 0 Å². The average Bonchev–Trinajstić information content (AvgIpc) is 2.76. The summed E-state index contributed by atoms with van der Waals surface area (Å²) in [7, 11) is 0. The molecule has 1 aliphatic rings. The molecule has 166 valence electrons. The van der Waals surface area contributed by atoms with Crippen molar-refractivity contribution in [3.05, 3.63) is 47.5 Å². The van der Waals surface area contributed by atoms with Crippen molar-refractivity contribution in [2.24, 2.45) is 0 Å². The maximum atomic E-state index is 12.7. The molecule has 0 saturated heterocycles. The third kappa shape index (κ3) is 6.42. The molecule has 3 rings (SSSR count). The van der Waals surface area contributed by atoms with Gasteiger partial charge in [0.25, 0.3) is 0 Å². The summed E-state index contributed by atoms with van der Waals surface area (Å²) in [4.78, 5) is 25.5. The van der Waals surface area contributed by atoms with Crippen molar-refractivity contribution in [2.75, 3.05) is 64.3 Å². The average molecular weight is 430 g/mol. The van der Waals surface area contributed by atoms with Crippen LogP contribution >= 0.6 is 0 Å². The number of carbonyl (C=O) groups is 2. The number of nitrogen functional groups attached to an aromatic ring is 2. The molecule has 31 heavy (non-hydrogen) atoms. The molecule has 0 bridgehead atoms. The maximum Gasteiger partial charge on any atom is 0.338 e. The number of ether oxygens (including phenoxy) is 5. The SMILES string of the molecule is Nc1ccc2c(c1)C(=O)OCCOCCOCCOCCOC(=O)c1cc(N)ccc1-2. The molecule has 0 amide bonds. The summed E-state index contributed by atoms with van der Waals surface area (Å²) in [6, 6.07) is 9.62. The molecule has 0 unspecified atom stereocenters. The number of anilines is 2. The Kier molecular flexibility index (Phi) is 8.22. The van der Waals surface area contributed by atoms with Crippen LogP contribution in [0.4, 0.5) is 11.4 Å². The molecule has 2 aromatic rings. The van der Waals surface area contributed by atoms with Gasteiger partial charge in [-0.2, -0.15) is 0 Å². The Morgan fingerprint density at radius 1 is 0.516 bits per heavy atom. The Morgan fingerprint density at radius 2 is 0.871 bits per heavy atom. The summed E-state index contributed by atoms with van der Waals surface area (Å²) in [5.41, 5.74) is 14.0. The molecule has 0 atom stereocenters. The van der Waals surface area contributed by atoms with Crippen LogP contribution < -0.4 is 11.5 Å². The summed E-state index contributed by atoms with van der Waals surface area (Å²) in [6.45, 7) is 2.09. The van der Waals surface area contributed by atoms with Gasteiger partial charge < -0.3 is 35.2 Å². The minimum absolute atomic E-state index is 0.0623. The first-order chi connectivity index (χ1) is 15.1. The first-order valence-electron chi connectivity index (χ1n) is 9.93. The van der Waals surface area contributed by atoms with E-state index < -0.39 is 11.9 Å². The molecule has 0 saturated carbocycles. The van der Waals surface area contributed by atoms with Crippen molar-refractivity contribution in [3.8, 4) is 11.1 Å². The van der Waals surface area contributed by atoms with Crippen molar-refractivity contribution in [1.82, 2.24) is 0 Å². The van der Waals surface area contributed by atoms with E-state index in [2.05, 4.69) is 0 Å². The number of nitrogens with two attached hydrogens (primary N) is 2. The van der Waals surface area contributed by atoms with E-state index in [9.17, 15) is 9.59 Å². The molecule has 0 aliphatic carbocycles. The molecule has 0 fully saturated rings. The molecule has 4 N–H and O–H groups in total. The van der Waals surface area contributed by atoms with E-state index in [0.29, 0.717) is 48.9 Å². The monoisotopic (exact) mass is 430 g/mol. The van der Waals surface area contributed by atoms with Crippen LogP contribution in [-0.2, 0) is 23.7 Å². The molecule has 1 heterocycles. The van der Waals surface area contributed by atoms with Gasteiger partial charge in [-0.05, 0) is 35.4 Å². The van der Waals surface area contributed by atoms with Gasteiger partial charge >= 0.3 is 11.9 Å². The lowest BCUT2D eigenvalue weighted by atomic mass is 9.94. The summed E-state index contributed by atoms with van der Waals surface area (Å²) in [5.74, 6) is -1.16. The lowest BCUT2D eigenvalue weighted by Crippen LogP contribution is -2.15. The van der Waals surface area contributed by atoms with E-state index in [1.54, 1.807) is 24.3 Å². The van der Waals surface area contributed by atoms with Crippen LogP contribution in [0.25, 0.3) is 11.1 Å². The predicted molar refractivity (Wildman–Crippen MR) is 114 cm³/mol. The summed E-state index contributed by atoms with van der Waals surface area (Å²) in [5, 5.41) is 0. The number of hydrogen-bond acceptors (Lipinski definition) is 9. The zero-order valence-electron chi connectivity index (χ0n) is 17.1. The number of hydrogen-bond donors (Lipinski definition) is 2. The fourth-order valence-electron chi connectivity index (χ4n) is 3.02. The largest absolute Gasteiger partial charge is 0.460 e. The van der Waals surface area contributed by atoms with Gasteiger partial charge in [-0.15, -0.1) is 0 Å². The maximum absolute atomic E-state index is 12.7. The number of fused-ring (bicyclic) bond motifs is 3. The molecular weight excluding hydrogens is 404 g/mol. The van der Waals surface area contributed by atoms with Gasteiger partial charge in [0.1, 0.15) is 13.2 Å². The van der Waals surface area contributed by atoms with E-state index in [1.807, 2.05) is 0 Å². The van der Waals surface area contributed by atoms with Crippen molar-refractivity contribution in [3.63, 3.8) is 0 Å². The minimum Gasteiger partial charge on any atom is -0.460 e. The van der Waals surface area contributed by atoms with Crippen LogP contribution in [0.1, 0.15) is 20.7 Å². The highest BCUT2D eigenvalue weighted by molar-refractivity contribution is 6.04. The Hall–Kier alpha value is -3.14. The van der Waals surface area contributed by atoms with E-state index in [-0.39, 0.29) is 37.6 Å². The summed E-state index contributed by atoms with van der Waals surface area (Å²) in [6.07, 6.45) is 0. The molecular formula is C22H26N2O7. The molecule has 9 heteroatoms. The number of esters is 2. The van der Waals surface area contributed by atoms with Crippen LogP contribution in [0.3, 0.4) is 0 Å². The second kappa shape index (κ2) is 11.3. The molecule has 1 aliphatic heterocycles. The smallest absolute Gasteiger partial charge is 0.338 e. The third-order valence-corrected chi connectivity index (χ3v) is 4.48. The van der Waals surface area contributed by atoms with Crippen LogP contribution in [0.2, 0.25) is 0 Å². The van der Waals surface area contributed by atoms with Gasteiger partial charge in [-0.25, -0.2) is 9.59 Å².